The smallest absolute Gasteiger partial charge is 0.205 e. The minimum atomic E-state index is -0.963. The Labute approximate surface area is 116 Å². The molecule has 0 heterocycles. The standard InChI is InChI=1S/C16H19O2P/c1-3-17-19(18-4-2)16-12-8-11-15(13-16)14-9-6-5-7-10-14/h5-13H,3-4H2,1-2H3. The molecule has 0 bridgehead atoms. The Morgan fingerprint density at radius 1 is 0.789 bits per heavy atom. The fourth-order valence-electron chi connectivity index (χ4n) is 1.85. The van der Waals surface area contributed by atoms with Crippen LogP contribution in [0.4, 0.5) is 0 Å². The molecule has 0 spiro atoms. The van der Waals surface area contributed by atoms with Gasteiger partial charge in [0.25, 0.3) is 0 Å². The monoisotopic (exact) mass is 274 g/mol. The summed E-state index contributed by atoms with van der Waals surface area (Å²) in [5.74, 6) is 0. The van der Waals surface area contributed by atoms with Crippen LogP contribution in [0.25, 0.3) is 11.1 Å². The summed E-state index contributed by atoms with van der Waals surface area (Å²) in [5, 5.41) is 1.13. The van der Waals surface area contributed by atoms with E-state index in [9.17, 15) is 0 Å². The Balaban J connectivity index is 2.27. The minimum Gasteiger partial charge on any atom is -0.331 e. The van der Waals surface area contributed by atoms with Crippen LogP contribution in [-0.4, -0.2) is 13.2 Å². The van der Waals surface area contributed by atoms with Crippen LogP contribution in [0.3, 0.4) is 0 Å². The highest BCUT2D eigenvalue weighted by atomic mass is 31.2. The third-order valence-corrected chi connectivity index (χ3v) is 4.34. The molecule has 2 rings (SSSR count). The van der Waals surface area contributed by atoms with Crippen molar-refractivity contribution in [3.8, 4) is 11.1 Å². The van der Waals surface area contributed by atoms with E-state index in [1.807, 2.05) is 19.9 Å². The molecule has 0 N–H and O–H groups in total. The topological polar surface area (TPSA) is 18.5 Å². The fourth-order valence-corrected chi connectivity index (χ4v) is 3.14. The highest BCUT2D eigenvalue weighted by Gasteiger charge is 2.13. The van der Waals surface area contributed by atoms with Crippen LogP contribution >= 0.6 is 8.38 Å². The van der Waals surface area contributed by atoms with Gasteiger partial charge in [-0.1, -0.05) is 42.5 Å². The van der Waals surface area contributed by atoms with Gasteiger partial charge in [0, 0.05) is 5.30 Å². The first-order valence-electron chi connectivity index (χ1n) is 6.56. The molecule has 2 aromatic rings. The van der Waals surface area contributed by atoms with E-state index < -0.39 is 8.38 Å². The predicted octanol–water partition coefficient (Wildman–Crippen LogP) is 4.36. The molecule has 0 aromatic heterocycles. The van der Waals surface area contributed by atoms with Crippen molar-refractivity contribution in [1.29, 1.82) is 0 Å². The van der Waals surface area contributed by atoms with Crippen LogP contribution in [0.2, 0.25) is 0 Å². The maximum Gasteiger partial charge on any atom is 0.205 e. The van der Waals surface area contributed by atoms with Gasteiger partial charge in [0.1, 0.15) is 0 Å². The lowest BCUT2D eigenvalue weighted by Crippen LogP contribution is -2.06. The van der Waals surface area contributed by atoms with Crippen molar-refractivity contribution < 1.29 is 9.05 Å². The average molecular weight is 274 g/mol. The summed E-state index contributed by atoms with van der Waals surface area (Å²) in [6, 6.07) is 18.8. The zero-order valence-corrected chi connectivity index (χ0v) is 12.3. The van der Waals surface area contributed by atoms with Crippen molar-refractivity contribution in [1.82, 2.24) is 0 Å². The zero-order chi connectivity index (χ0) is 13.5. The van der Waals surface area contributed by atoms with Gasteiger partial charge in [0.15, 0.2) is 0 Å². The predicted molar refractivity (Wildman–Crippen MR) is 81.7 cm³/mol. The number of rotatable bonds is 6. The van der Waals surface area contributed by atoms with Crippen LogP contribution in [0.15, 0.2) is 54.6 Å². The molecule has 19 heavy (non-hydrogen) atoms. The van der Waals surface area contributed by atoms with E-state index >= 15 is 0 Å². The summed E-state index contributed by atoms with van der Waals surface area (Å²) in [6.07, 6.45) is 0. The summed E-state index contributed by atoms with van der Waals surface area (Å²) >= 11 is 0. The van der Waals surface area contributed by atoms with E-state index in [4.69, 9.17) is 9.05 Å². The Morgan fingerprint density at radius 3 is 2.05 bits per heavy atom. The molecule has 0 radical (unpaired) electrons. The van der Waals surface area contributed by atoms with Gasteiger partial charge >= 0.3 is 0 Å². The van der Waals surface area contributed by atoms with Crippen molar-refractivity contribution in [3.05, 3.63) is 54.6 Å². The van der Waals surface area contributed by atoms with E-state index in [0.717, 1.165) is 5.30 Å². The average Bonchev–Trinajstić information content (AvgIpc) is 2.48. The number of hydrogen-bond donors (Lipinski definition) is 0. The van der Waals surface area contributed by atoms with Gasteiger partial charge in [-0.05, 0) is 37.1 Å². The van der Waals surface area contributed by atoms with E-state index in [2.05, 4.69) is 48.5 Å². The van der Waals surface area contributed by atoms with E-state index in [1.165, 1.54) is 11.1 Å². The maximum atomic E-state index is 5.70. The van der Waals surface area contributed by atoms with Crippen LogP contribution in [0.1, 0.15) is 13.8 Å². The Bertz CT molecular complexity index is 493. The number of hydrogen-bond acceptors (Lipinski definition) is 2. The molecule has 0 unspecified atom stereocenters. The summed E-state index contributed by atoms with van der Waals surface area (Å²) in [4.78, 5) is 0. The summed E-state index contributed by atoms with van der Waals surface area (Å²) in [5.41, 5.74) is 2.41. The molecule has 0 fully saturated rings. The van der Waals surface area contributed by atoms with E-state index in [-0.39, 0.29) is 0 Å². The van der Waals surface area contributed by atoms with E-state index in [1.54, 1.807) is 0 Å². The molecule has 2 aromatic carbocycles. The van der Waals surface area contributed by atoms with Crippen molar-refractivity contribution in [2.75, 3.05) is 13.2 Å². The molecule has 0 aliphatic rings. The molecule has 100 valence electrons. The molecule has 0 saturated heterocycles. The first-order valence-corrected chi connectivity index (χ1v) is 7.74. The second-order valence-electron chi connectivity index (χ2n) is 4.01. The largest absolute Gasteiger partial charge is 0.331 e. The quantitative estimate of drug-likeness (QED) is 0.728. The number of benzene rings is 2. The Morgan fingerprint density at radius 2 is 1.42 bits per heavy atom. The van der Waals surface area contributed by atoms with Crippen molar-refractivity contribution in [3.63, 3.8) is 0 Å². The van der Waals surface area contributed by atoms with Crippen molar-refractivity contribution in [2.45, 2.75) is 13.8 Å². The Hall–Kier alpha value is -1.21. The molecule has 0 amide bonds. The molecular weight excluding hydrogens is 255 g/mol. The minimum absolute atomic E-state index is 0.668. The normalized spacial score (nSPS) is 10.9. The van der Waals surface area contributed by atoms with Gasteiger partial charge in [-0.25, -0.2) is 0 Å². The third kappa shape index (κ3) is 3.87. The van der Waals surface area contributed by atoms with Gasteiger partial charge in [0.2, 0.25) is 8.38 Å². The maximum absolute atomic E-state index is 5.70. The van der Waals surface area contributed by atoms with Gasteiger partial charge < -0.3 is 9.05 Å². The van der Waals surface area contributed by atoms with Crippen LogP contribution in [0.5, 0.6) is 0 Å². The molecular formula is C16H19O2P. The molecule has 0 saturated carbocycles. The van der Waals surface area contributed by atoms with Crippen molar-refractivity contribution >= 4 is 13.7 Å². The molecule has 0 atom stereocenters. The lowest BCUT2D eigenvalue weighted by Gasteiger charge is -2.16. The SMILES string of the molecule is CCOP(OCC)c1cccc(-c2ccccc2)c1. The van der Waals surface area contributed by atoms with Crippen LogP contribution in [-0.2, 0) is 9.05 Å². The fraction of sp³-hybridized carbons (Fsp3) is 0.250. The second-order valence-corrected chi connectivity index (χ2v) is 5.56. The lowest BCUT2D eigenvalue weighted by atomic mass is 10.1. The van der Waals surface area contributed by atoms with E-state index in [0.29, 0.717) is 13.2 Å². The lowest BCUT2D eigenvalue weighted by molar-refractivity contribution is 0.277. The summed E-state index contributed by atoms with van der Waals surface area (Å²) in [7, 11) is -0.963. The van der Waals surface area contributed by atoms with Gasteiger partial charge in [-0.2, -0.15) is 0 Å². The van der Waals surface area contributed by atoms with Crippen LogP contribution < -0.4 is 5.30 Å². The van der Waals surface area contributed by atoms with Gasteiger partial charge in [-0.15, -0.1) is 0 Å². The third-order valence-electron chi connectivity index (χ3n) is 2.66. The highest BCUT2D eigenvalue weighted by molar-refractivity contribution is 7.56. The van der Waals surface area contributed by atoms with Gasteiger partial charge in [-0.3, -0.25) is 0 Å². The second kappa shape index (κ2) is 7.40. The summed E-state index contributed by atoms with van der Waals surface area (Å²) < 4.78 is 11.4. The zero-order valence-electron chi connectivity index (χ0n) is 11.4. The van der Waals surface area contributed by atoms with Crippen molar-refractivity contribution in [2.24, 2.45) is 0 Å². The van der Waals surface area contributed by atoms with Gasteiger partial charge in [0.05, 0.1) is 13.2 Å². The molecule has 0 aliphatic carbocycles. The molecule has 3 heteroatoms. The molecule has 0 aliphatic heterocycles. The highest BCUT2D eigenvalue weighted by Crippen LogP contribution is 2.37. The van der Waals surface area contributed by atoms with Crippen LogP contribution in [0, 0.1) is 0 Å². The first-order chi connectivity index (χ1) is 9.35. The molecule has 2 nitrogen and oxygen atoms in total. The first kappa shape index (κ1) is 14.2. The Kier molecular flexibility index (Phi) is 5.53. The summed E-state index contributed by atoms with van der Waals surface area (Å²) in [6.45, 7) is 5.33.